The molecular weight excluding hydrogens is 208 g/mol. The minimum Gasteiger partial charge on any atom is -0.368 e. The molecule has 0 saturated carbocycles. The van der Waals surface area contributed by atoms with Crippen LogP contribution >= 0.6 is 0 Å². The fourth-order valence-electron chi connectivity index (χ4n) is 1.64. The average Bonchev–Trinajstić information content (AvgIpc) is 2.24. The Morgan fingerprint density at radius 2 is 2.19 bits per heavy atom. The molecule has 1 N–H and O–H groups in total. The minimum atomic E-state index is -0.375. The highest BCUT2D eigenvalue weighted by Gasteiger charge is 2.32. The Bertz CT molecular complexity index is 402. The number of rotatable bonds is 4. The molecule has 0 amide bonds. The Morgan fingerprint density at radius 1 is 1.50 bits per heavy atom. The summed E-state index contributed by atoms with van der Waals surface area (Å²) in [6.45, 7) is 3.88. The molecule has 1 fully saturated rings. The lowest BCUT2D eigenvalue weighted by molar-refractivity contribution is -0.386. The number of ether oxygens (including phenoxy) is 1. The molecule has 0 bridgehead atoms. The minimum absolute atomic E-state index is 0.124. The lowest BCUT2D eigenvalue weighted by atomic mass is 10.00. The highest BCUT2D eigenvalue weighted by Crippen LogP contribution is 2.23. The van der Waals surface area contributed by atoms with E-state index < -0.39 is 0 Å². The monoisotopic (exact) mass is 222 g/mol. The lowest BCUT2D eigenvalue weighted by Crippen LogP contribution is -2.58. The van der Waals surface area contributed by atoms with Crippen molar-refractivity contribution >= 4 is 5.69 Å². The van der Waals surface area contributed by atoms with Crippen LogP contribution in [0, 0.1) is 10.1 Å². The summed E-state index contributed by atoms with van der Waals surface area (Å²) < 4.78 is 5.68. The summed E-state index contributed by atoms with van der Waals surface area (Å²) in [5.74, 6) is 0. The van der Waals surface area contributed by atoms with Gasteiger partial charge in [0.2, 0.25) is 0 Å². The highest BCUT2D eigenvalue weighted by atomic mass is 16.6. The summed E-state index contributed by atoms with van der Waals surface area (Å²) in [5.41, 5.74) is 0.572. The van der Waals surface area contributed by atoms with Gasteiger partial charge in [0.1, 0.15) is 0 Å². The van der Waals surface area contributed by atoms with Crippen LogP contribution in [0.15, 0.2) is 24.3 Å². The number of para-hydroxylation sites is 1. The Kier molecular flexibility index (Phi) is 2.89. The van der Waals surface area contributed by atoms with Crippen LogP contribution in [0.1, 0.15) is 12.5 Å². The number of nitro benzene ring substituents is 1. The Hall–Kier alpha value is -1.46. The Morgan fingerprint density at radius 3 is 2.75 bits per heavy atom. The molecule has 1 aliphatic heterocycles. The van der Waals surface area contributed by atoms with Gasteiger partial charge in [-0.05, 0) is 13.0 Å². The Labute approximate surface area is 93.6 Å². The molecule has 0 spiro atoms. The van der Waals surface area contributed by atoms with Crippen molar-refractivity contribution in [1.82, 2.24) is 5.32 Å². The summed E-state index contributed by atoms with van der Waals surface area (Å²) in [7, 11) is 0. The van der Waals surface area contributed by atoms with Crippen LogP contribution in [0.3, 0.4) is 0 Å². The lowest BCUT2D eigenvalue weighted by Gasteiger charge is -2.39. The van der Waals surface area contributed by atoms with E-state index in [1.807, 2.05) is 6.92 Å². The summed E-state index contributed by atoms with van der Waals surface area (Å²) in [5, 5.41) is 13.9. The maximum atomic E-state index is 10.8. The molecule has 0 aliphatic carbocycles. The molecular formula is C11H14N2O3. The van der Waals surface area contributed by atoms with Gasteiger partial charge in [0.25, 0.3) is 5.69 Å². The predicted octanol–water partition coefficient (Wildman–Crippen LogP) is 1.47. The quantitative estimate of drug-likeness (QED) is 0.619. The fourth-order valence-corrected chi connectivity index (χ4v) is 1.64. The number of nitrogens with one attached hydrogen (secondary N) is 1. The molecule has 16 heavy (non-hydrogen) atoms. The molecule has 1 heterocycles. The smallest absolute Gasteiger partial charge is 0.274 e. The molecule has 1 saturated heterocycles. The zero-order valence-corrected chi connectivity index (χ0v) is 9.10. The SMILES string of the molecule is CC1(OCc2ccccc2[N+](=O)[O-])CNC1. The van der Waals surface area contributed by atoms with Crippen LogP contribution in [0.2, 0.25) is 0 Å². The van der Waals surface area contributed by atoms with Gasteiger partial charge in [0, 0.05) is 19.2 Å². The van der Waals surface area contributed by atoms with Gasteiger partial charge < -0.3 is 10.1 Å². The summed E-state index contributed by atoms with van der Waals surface area (Å²) >= 11 is 0. The van der Waals surface area contributed by atoms with Crippen LogP contribution in [-0.4, -0.2) is 23.6 Å². The van der Waals surface area contributed by atoms with Crippen LogP contribution in [0.25, 0.3) is 0 Å². The van der Waals surface area contributed by atoms with Crippen molar-refractivity contribution in [2.75, 3.05) is 13.1 Å². The molecule has 2 rings (SSSR count). The number of nitrogens with zero attached hydrogens (tertiary/aromatic N) is 1. The molecule has 5 nitrogen and oxygen atoms in total. The van der Waals surface area contributed by atoms with Gasteiger partial charge in [0.05, 0.1) is 22.7 Å². The summed E-state index contributed by atoms with van der Waals surface area (Å²) in [6.07, 6.45) is 0. The second-order valence-electron chi connectivity index (χ2n) is 4.23. The largest absolute Gasteiger partial charge is 0.368 e. The molecule has 1 aromatic rings. The highest BCUT2D eigenvalue weighted by molar-refractivity contribution is 5.39. The molecule has 86 valence electrons. The van der Waals surface area contributed by atoms with Gasteiger partial charge in [-0.15, -0.1) is 0 Å². The normalized spacial score (nSPS) is 17.8. The standard InChI is InChI=1S/C11H14N2O3/c1-11(7-12-8-11)16-6-9-4-2-3-5-10(9)13(14)15/h2-5,12H,6-8H2,1H3. The first-order chi connectivity index (χ1) is 7.61. The third-order valence-corrected chi connectivity index (χ3v) is 2.76. The van der Waals surface area contributed by atoms with Gasteiger partial charge in [0.15, 0.2) is 0 Å². The molecule has 0 aromatic heterocycles. The summed E-state index contributed by atoms with van der Waals surface area (Å²) in [4.78, 5) is 10.4. The zero-order valence-electron chi connectivity index (χ0n) is 9.10. The van der Waals surface area contributed by atoms with Crippen molar-refractivity contribution in [3.8, 4) is 0 Å². The van der Waals surface area contributed by atoms with Crippen LogP contribution in [-0.2, 0) is 11.3 Å². The number of hydrogen-bond acceptors (Lipinski definition) is 4. The van der Waals surface area contributed by atoms with E-state index in [2.05, 4.69) is 5.32 Å². The van der Waals surface area contributed by atoms with Crippen LogP contribution < -0.4 is 5.32 Å². The maximum absolute atomic E-state index is 10.8. The average molecular weight is 222 g/mol. The van der Waals surface area contributed by atoms with Crippen molar-refractivity contribution < 1.29 is 9.66 Å². The first-order valence-electron chi connectivity index (χ1n) is 5.18. The van der Waals surface area contributed by atoms with Crippen molar-refractivity contribution in [1.29, 1.82) is 0 Å². The molecule has 1 aliphatic rings. The van der Waals surface area contributed by atoms with E-state index in [9.17, 15) is 10.1 Å². The molecule has 0 radical (unpaired) electrons. The van der Waals surface area contributed by atoms with E-state index in [1.165, 1.54) is 6.07 Å². The van der Waals surface area contributed by atoms with Crippen molar-refractivity contribution in [2.24, 2.45) is 0 Å². The molecule has 0 unspecified atom stereocenters. The van der Waals surface area contributed by atoms with Crippen LogP contribution in [0.4, 0.5) is 5.69 Å². The number of benzene rings is 1. The molecule has 0 atom stereocenters. The molecule has 5 heteroatoms. The molecule has 1 aromatic carbocycles. The second-order valence-corrected chi connectivity index (χ2v) is 4.23. The third-order valence-electron chi connectivity index (χ3n) is 2.76. The van der Waals surface area contributed by atoms with Crippen molar-refractivity contribution in [2.45, 2.75) is 19.1 Å². The van der Waals surface area contributed by atoms with Crippen LogP contribution in [0.5, 0.6) is 0 Å². The zero-order chi connectivity index (χ0) is 11.6. The van der Waals surface area contributed by atoms with Gasteiger partial charge >= 0.3 is 0 Å². The summed E-state index contributed by atoms with van der Waals surface area (Å²) in [6, 6.07) is 6.68. The van der Waals surface area contributed by atoms with E-state index in [0.717, 1.165) is 13.1 Å². The first kappa shape index (κ1) is 11.0. The predicted molar refractivity (Wildman–Crippen MR) is 59.2 cm³/mol. The number of nitro groups is 1. The number of hydrogen-bond donors (Lipinski definition) is 1. The van der Waals surface area contributed by atoms with E-state index in [0.29, 0.717) is 5.56 Å². The fraction of sp³-hybridized carbons (Fsp3) is 0.455. The van der Waals surface area contributed by atoms with E-state index in [1.54, 1.807) is 18.2 Å². The van der Waals surface area contributed by atoms with Crippen molar-refractivity contribution in [3.05, 3.63) is 39.9 Å². The van der Waals surface area contributed by atoms with Gasteiger partial charge in [-0.1, -0.05) is 12.1 Å². The van der Waals surface area contributed by atoms with Gasteiger partial charge in [-0.3, -0.25) is 10.1 Å². The third kappa shape index (κ3) is 2.20. The first-order valence-corrected chi connectivity index (χ1v) is 5.18. The van der Waals surface area contributed by atoms with Crippen molar-refractivity contribution in [3.63, 3.8) is 0 Å². The van der Waals surface area contributed by atoms with E-state index >= 15 is 0 Å². The van der Waals surface area contributed by atoms with Gasteiger partial charge in [-0.25, -0.2) is 0 Å². The second kappa shape index (κ2) is 4.19. The van der Waals surface area contributed by atoms with E-state index in [-0.39, 0.29) is 22.8 Å². The van der Waals surface area contributed by atoms with Gasteiger partial charge in [-0.2, -0.15) is 0 Å². The topological polar surface area (TPSA) is 64.4 Å². The Balaban J connectivity index is 2.06. The maximum Gasteiger partial charge on any atom is 0.274 e. The van der Waals surface area contributed by atoms with E-state index in [4.69, 9.17) is 4.74 Å².